The van der Waals surface area contributed by atoms with E-state index in [-0.39, 0.29) is 11.9 Å². The van der Waals surface area contributed by atoms with E-state index in [0.29, 0.717) is 18.1 Å². The topological polar surface area (TPSA) is 59.7 Å². The summed E-state index contributed by atoms with van der Waals surface area (Å²) in [6.45, 7) is 9.51. The summed E-state index contributed by atoms with van der Waals surface area (Å²) in [6.07, 6.45) is 8.92. The number of ether oxygens (including phenoxy) is 1. The van der Waals surface area contributed by atoms with Gasteiger partial charge < -0.3 is 14.0 Å². The smallest absolute Gasteiger partial charge is 0.276 e. The minimum atomic E-state index is -0.0321. The second kappa shape index (κ2) is 9.08. The van der Waals surface area contributed by atoms with Crippen molar-refractivity contribution in [1.82, 2.24) is 19.3 Å². The number of carbonyl (C=O) groups is 1. The first-order valence-corrected chi connectivity index (χ1v) is 11.3. The number of rotatable bonds is 6. The molecule has 0 aromatic carbocycles. The van der Waals surface area contributed by atoms with Gasteiger partial charge in [0.1, 0.15) is 5.65 Å². The van der Waals surface area contributed by atoms with Crippen LogP contribution in [0.2, 0.25) is 0 Å². The zero-order chi connectivity index (χ0) is 22.0. The van der Waals surface area contributed by atoms with Gasteiger partial charge in [-0.3, -0.25) is 4.79 Å². The van der Waals surface area contributed by atoms with Gasteiger partial charge in [-0.1, -0.05) is 6.92 Å². The average Bonchev–Trinajstić information content (AvgIpc) is 3.19. The molecule has 0 radical (unpaired) electrons. The normalized spacial score (nSPS) is 16.6. The molecule has 0 saturated carbocycles. The number of pyridine rings is 2. The molecule has 6 nitrogen and oxygen atoms in total. The van der Waals surface area contributed by atoms with Crippen molar-refractivity contribution >= 4 is 11.6 Å². The van der Waals surface area contributed by atoms with Crippen LogP contribution in [-0.4, -0.2) is 44.4 Å². The van der Waals surface area contributed by atoms with Crippen LogP contribution in [0.15, 0.2) is 30.6 Å². The summed E-state index contributed by atoms with van der Waals surface area (Å²) < 4.78 is 7.93. The van der Waals surface area contributed by atoms with Gasteiger partial charge in [0.25, 0.3) is 5.91 Å². The molecule has 1 saturated heterocycles. The molecule has 4 heterocycles. The van der Waals surface area contributed by atoms with Crippen molar-refractivity contribution in [3.63, 3.8) is 0 Å². The molecule has 0 unspecified atom stereocenters. The van der Waals surface area contributed by atoms with Gasteiger partial charge in [0.05, 0.1) is 12.3 Å². The maximum atomic E-state index is 13.6. The Morgan fingerprint density at radius 1 is 1.16 bits per heavy atom. The largest absolute Gasteiger partial charge is 0.491 e. The Morgan fingerprint density at radius 2 is 2.00 bits per heavy atom. The predicted molar refractivity (Wildman–Crippen MR) is 122 cm³/mol. The van der Waals surface area contributed by atoms with Crippen LogP contribution in [0.5, 0.6) is 5.75 Å². The Labute approximate surface area is 184 Å². The number of fused-ring (bicyclic) bond motifs is 1. The maximum absolute atomic E-state index is 13.6. The Bertz CT molecular complexity index is 1090. The van der Waals surface area contributed by atoms with Crippen LogP contribution >= 0.6 is 0 Å². The number of hydrogen-bond acceptors (Lipinski definition) is 4. The first-order chi connectivity index (χ1) is 15.0. The predicted octanol–water partition coefficient (Wildman–Crippen LogP) is 4.68. The highest BCUT2D eigenvalue weighted by atomic mass is 16.5. The number of imidazole rings is 1. The van der Waals surface area contributed by atoms with Crippen molar-refractivity contribution in [2.75, 3.05) is 13.2 Å². The molecule has 0 bridgehead atoms. The van der Waals surface area contributed by atoms with Crippen molar-refractivity contribution in [1.29, 1.82) is 0 Å². The first kappa shape index (κ1) is 21.3. The quantitative estimate of drug-likeness (QED) is 0.581. The lowest BCUT2D eigenvalue weighted by Gasteiger charge is -2.35. The second-order valence-corrected chi connectivity index (χ2v) is 8.59. The molecule has 1 fully saturated rings. The van der Waals surface area contributed by atoms with Gasteiger partial charge in [0, 0.05) is 37.1 Å². The van der Waals surface area contributed by atoms with Crippen LogP contribution in [0.1, 0.15) is 65.6 Å². The number of nitrogens with zero attached hydrogens (tertiary/aromatic N) is 4. The highest BCUT2D eigenvalue weighted by Gasteiger charge is 2.31. The number of likely N-dealkylation sites (tertiary alicyclic amines) is 1. The van der Waals surface area contributed by atoms with Crippen molar-refractivity contribution in [2.45, 2.75) is 65.8 Å². The number of aryl methyl sites for hydroxylation is 3. The molecule has 1 aliphatic rings. The van der Waals surface area contributed by atoms with E-state index in [9.17, 15) is 4.79 Å². The molecular weight excluding hydrogens is 388 g/mol. The Hall–Kier alpha value is -2.89. The van der Waals surface area contributed by atoms with Crippen molar-refractivity contribution in [3.05, 3.63) is 58.8 Å². The Morgan fingerprint density at radius 3 is 2.81 bits per heavy atom. The van der Waals surface area contributed by atoms with Crippen molar-refractivity contribution in [2.24, 2.45) is 0 Å². The summed E-state index contributed by atoms with van der Waals surface area (Å²) in [5.74, 6) is 0.552. The van der Waals surface area contributed by atoms with Gasteiger partial charge in [-0.25, -0.2) is 9.97 Å². The lowest BCUT2D eigenvalue weighted by molar-refractivity contribution is 0.0601. The molecule has 4 rings (SSSR count). The van der Waals surface area contributed by atoms with E-state index in [0.717, 1.165) is 55.7 Å². The average molecular weight is 421 g/mol. The van der Waals surface area contributed by atoms with Gasteiger partial charge in [-0.2, -0.15) is 0 Å². The van der Waals surface area contributed by atoms with Gasteiger partial charge in [-0.15, -0.1) is 0 Å². The molecule has 0 aliphatic carbocycles. The lowest BCUT2D eigenvalue weighted by Crippen LogP contribution is -2.45. The van der Waals surface area contributed by atoms with E-state index in [1.165, 1.54) is 11.1 Å². The molecule has 3 aromatic heterocycles. The summed E-state index contributed by atoms with van der Waals surface area (Å²) in [4.78, 5) is 25.0. The SMILES string of the molecule is CCCOc1ccc(C)nc1C(=O)N1CCCC[C@H]1Cc1cn2ccc(C)c(C)c2n1. The molecule has 164 valence electrons. The lowest BCUT2D eigenvalue weighted by atomic mass is 9.97. The minimum absolute atomic E-state index is 0.0321. The Kier molecular flexibility index (Phi) is 6.25. The van der Waals surface area contributed by atoms with Crippen LogP contribution in [-0.2, 0) is 6.42 Å². The molecule has 1 amide bonds. The van der Waals surface area contributed by atoms with Crippen LogP contribution in [0.25, 0.3) is 5.65 Å². The highest BCUT2D eigenvalue weighted by Crippen LogP contribution is 2.26. The van der Waals surface area contributed by atoms with Crippen LogP contribution in [0.4, 0.5) is 0 Å². The fraction of sp³-hybridized carbons (Fsp3) is 0.480. The van der Waals surface area contributed by atoms with Crippen molar-refractivity contribution in [3.8, 4) is 5.75 Å². The first-order valence-electron chi connectivity index (χ1n) is 11.3. The number of hydrogen-bond donors (Lipinski definition) is 0. The number of carbonyl (C=O) groups excluding carboxylic acids is 1. The van der Waals surface area contributed by atoms with Gasteiger partial charge in [-0.05, 0) is 75.8 Å². The van der Waals surface area contributed by atoms with E-state index < -0.39 is 0 Å². The highest BCUT2D eigenvalue weighted by molar-refractivity contribution is 5.95. The van der Waals surface area contributed by atoms with E-state index in [1.807, 2.05) is 24.0 Å². The second-order valence-electron chi connectivity index (χ2n) is 8.59. The van der Waals surface area contributed by atoms with E-state index >= 15 is 0 Å². The molecule has 31 heavy (non-hydrogen) atoms. The summed E-state index contributed by atoms with van der Waals surface area (Å²) in [5, 5.41) is 0. The molecular formula is C25H32N4O2. The summed E-state index contributed by atoms with van der Waals surface area (Å²) in [5.41, 5.74) is 5.72. The van der Waals surface area contributed by atoms with E-state index in [1.54, 1.807) is 0 Å². The van der Waals surface area contributed by atoms with E-state index in [4.69, 9.17) is 9.72 Å². The summed E-state index contributed by atoms with van der Waals surface area (Å²) in [6, 6.07) is 6.01. The van der Waals surface area contributed by atoms with Crippen LogP contribution < -0.4 is 4.74 Å². The van der Waals surface area contributed by atoms with Crippen LogP contribution in [0.3, 0.4) is 0 Å². The number of piperidine rings is 1. The molecule has 0 N–H and O–H groups in total. The maximum Gasteiger partial charge on any atom is 0.276 e. The van der Waals surface area contributed by atoms with Gasteiger partial charge in [0.2, 0.25) is 0 Å². The third kappa shape index (κ3) is 4.43. The minimum Gasteiger partial charge on any atom is -0.491 e. The molecule has 6 heteroatoms. The monoisotopic (exact) mass is 420 g/mol. The third-order valence-corrected chi connectivity index (χ3v) is 6.19. The molecule has 0 spiro atoms. The summed E-state index contributed by atoms with van der Waals surface area (Å²) >= 11 is 0. The zero-order valence-electron chi connectivity index (χ0n) is 19.0. The van der Waals surface area contributed by atoms with Crippen molar-refractivity contribution < 1.29 is 9.53 Å². The van der Waals surface area contributed by atoms with E-state index in [2.05, 4.69) is 48.6 Å². The fourth-order valence-electron chi connectivity index (χ4n) is 4.31. The number of aromatic nitrogens is 3. The Balaban J connectivity index is 1.60. The molecule has 3 aromatic rings. The molecule has 1 aliphatic heterocycles. The number of amides is 1. The molecule has 1 atom stereocenters. The zero-order valence-corrected chi connectivity index (χ0v) is 19.0. The standard InChI is InChI=1S/C25H32N4O2/c1-5-14-31-22-10-9-18(3)26-23(22)25(30)29-12-7-6-8-21(29)15-20-16-28-13-11-17(2)19(4)24(28)27-20/h9-11,13,16,21H,5-8,12,14-15H2,1-4H3/t21-/m0/s1. The van der Waals surface area contributed by atoms with Gasteiger partial charge in [0.15, 0.2) is 11.4 Å². The third-order valence-electron chi connectivity index (χ3n) is 6.19. The van der Waals surface area contributed by atoms with Gasteiger partial charge >= 0.3 is 0 Å². The summed E-state index contributed by atoms with van der Waals surface area (Å²) in [7, 11) is 0. The fourth-order valence-corrected chi connectivity index (χ4v) is 4.31. The van der Waals surface area contributed by atoms with Crippen LogP contribution in [0, 0.1) is 20.8 Å².